The van der Waals surface area contributed by atoms with E-state index in [9.17, 15) is 9.59 Å². The molecule has 3 rings (SSSR count). The summed E-state index contributed by atoms with van der Waals surface area (Å²) in [6.07, 6.45) is 0. The number of rotatable bonds is 4. The maximum atomic E-state index is 12.8. The third kappa shape index (κ3) is 4.61. The van der Waals surface area contributed by atoms with Gasteiger partial charge in [-0.15, -0.1) is 0 Å². The molecule has 1 aliphatic heterocycles. The van der Waals surface area contributed by atoms with Gasteiger partial charge in [-0.1, -0.05) is 35.9 Å². The van der Waals surface area contributed by atoms with E-state index < -0.39 is 0 Å². The highest BCUT2D eigenvalue weighted by molar-refractivity contribution is 6.33. The standard InChI is InChI=1S/C21H24ClN3O2/c1-16-6-5-7-18(14-16)23-10-12-24(13-11-23)21(27)15-25(17(2)26)20-9-4-3-8-19(20)22/h3-9,14H,10-13,15H2,1-2H3. The molecule has 0 saturated carbocycles. The molecule has 0 atom stereocenters. The van der Waals surface area contributed by atoms with Crippen LogP contribution >= 0.6 is 11.6 Å². The van der Waals surface area contributed by atoms with Crippen molar-refractivity contribution in [1.29, 1.82) is 0 Å². The molecule has 5 nitrogen and oxygen atoms in total. The Balaban J connectivity index is 1.63. The topological polar surface area (TPSA) is 43.9 Å². The summed E-state index contributed by atoms with van der Waals surface area (Å²) < 4.78 is 0. The first-order valence-electron chi connectivity index (χ1n) is 9.08. The molecule has 0 aliphatic carbocycles. The Hall–Kier alpha value is -2.53. The maximum absolute atomic E-state index is 12.8. The fourth-order valence-electron chi connectivity index (χ4n) is 3.31. The van der Waals surface area contributed by atoms with Crippen molar-refractivity contribution in [3.8, 4) is 0 Å². The van der Waals surface area contributed by atoms with E-state index in [1.54, 1.807) is 18.2 Å². The number of halogens is 1. The van der Waals surface area contributed by atoms with Gasteiger partial charge in [-0.3, -0.25) is 9.59 Å². The predicted molar refractivity (Wildman–Crippen MR) is 109 cm³/mol. The minimum Gasteiger partial charge on any atom is -0.368 e. The van der Waals surface area contributed by atoms with Crippen molar-refractivity contribution >= 4 is 34.8 Å². The van der Waals surface area contributed by atoms with Crippen LogP contribution in [0.4, 0.5) is 11.4 Å². The SMILES string of the molecule is CC(=O)N(CC(=O)N1CCN(c2cccc(C)c2)CC1)c1ccccc1Cl. The number of hydrogen-bond donors (Lipinski definition) is 0. The number of hydrogen-bond acceptors (Lipinski definition) is 3. The average molecular weight is 386 g/mol. The van der Waals surface area contributed by atoms with E-state index in [4.69, 9.17) is 11.6 Å². The molecule has 27 heavy (non-hydrogen) atoms. The average Bonchev–Trinajstić information content (AvgIpc) is 2.66. The molecule has 2 aromatic rings. The predicted octanol–water partition coefficient (Wildman–Crippen LogP) is 3.35. The molecule has 0 spiro atoms. The van der Waals surface area contributed by atoms with E-state index >= 15 is 0 Å². The van der Waals surface area contributed by atoms with Crippen LogP contribution in [-0.2, 0) is 9.59 Å². The summed E-state index contributed by atoms with van der Waals surface area (Å²) in [7, 11) is 0. The van der Waals surface area contributed by atoms with Gasteiger partial charge < -0.3 is 14.7 Å². The second kappa shape index (κ2) is 8.44. The van der Waals surface area contributed by atoms with Gasteiger partial charge in [0.2, 0.25) is 11.8 Å². The van der Waals surface area contributed by atoms with E-state index in [-0.39, 0.29) is 18.4 Å². The normalized spacial score (nSPS) is 14.2. The minimum absolute atomic E-state index is 0.00348. The van der Waals surface area contributed by atoms with Gasteiger partial charge in [0.25, 0.3) is 0 Å². The number of carbonyl (C=O) groups excluding carboxylic acids is 2. The van der Waals surface area contributed by atoms with E-state index in [0.717, 1.165) is 13.1 Å². The third-order valence-corrected chi connectivity index (χ3v) is 5.14. The summed E-state index contributed by atoms with van der Waals surface area (Å²) in [5, 5.41) is 0.463. The molecular formula is C21H24ClN3O2. The first kappa shape index (κ1) is 19.2. The highest BCUT2D eigenvalue weighted by Crippen LogP contribution is 2.25. The lowest BCUT2D eigenvalue weighted by Gasteiger charge is -2.37. The Labute approximate surface area is 165 Å². The smallest absolute Gasteiger partial charge is 0.242 e. The number of piperazine rings is 1. The summed E-state index contributed by atoms with van der Waals surface area (Å²) in [6, 6.07) is 15.5. The van der Waals surface area contributed by atoms with Crippen LogP contribution in [0.3, 0.4) is 0 Å². The number of carbonyl (C=O) groups is 2. The van der Waals surface area contributed by atoms with Crippen LogP contribution in [0, 0.1) is 6.92 Å². The Morgan fingerprint density at radius 3 is 2.37 bits per heavy atom. The number of nitrogens with zero attached hydrogens (tertiary/aromatic N) is 3. The molecule has 0 radical (unpaired) electrons. The van der Waals surface area contributed by atoms with Gasteiger partial charge in [0.05, 0.1) is 10.7 Å². The third-order valence-electron chi connectivity index (χ3n) is 4.82. The van der Waals surface area contributed by atoms with Crippen molar-refractivity contribution in [2.45, 2.75) is 13.8 Å². The molecule has 0 aromatic heterocycles. The van der Waals surface area contributed by atoms with E-state index in [2.05, 4.69) is 36.1 Å². The van der Waals surface area contributed by atoms with E-state index in [0.29, 0.717) is 23.8 Å². The molecule has 1 fully saturated rings. The first-order chi connectivity index (χ1) is 13.0. The number of aryl methyl sites for hydroxylation is 1. The second-order valence-electron chi connectivity index (χ2n) is 6.76. The molecule has 2 aromatic carbocycles. The molecule has 0 N–H and O–H groups in total. The molecule has 6 heteroatoms. The van der Waals surface area contributed by atoms with Crippen LogP contribution in [0.5, 0.6) is 0 Å². The zero-order valence-corrected chi connectivity index (χ0v) is 16.4. The van der Waals surface area contributed by atoms with Crippen LogP contribution in [-0.4, -0.2) is 49.4 Å². The van der Waals surface area contributed by atoms with Crippen LogP contribution in [0.15, 0.2) is 48.5 Å². The summed E-state index contributed by atoms with van der Waals surface area (Å²) in [6.45, 7) is 6.37. The molecular weight excluding hydrogens is 362 g/mol. The second-order valence-corrected chi connectivity index (χ2v) is 7.17. The molecule has 0 unspecified atom stereocenters. The summed E-state index contributed by atoms with van der Waals surface area (Å²) in [5.41, 5.74) is 2.98. The fraction of sp³-hybridized carbons (Fsp3) is 0.333. The van der Waals surface area contributed by atoms with Crippen LogP contribution in [0.25, 0.3) is 0 Å². The summed E-state index contributed by atoms with van der Waals surface area (Å²) >= 11 is 6.21. The largest absolute Gasteiger partial charge is 0.368 e. The van der Waals surface area contributed by atoms with Crippen LogP contribution in [0.1, 0.15) is 12.5 Å². The number of benzene rings is 2. The quantitative estimate of drug-likeness (QED) is 0.810. The Morgan fingerprint density at radius 1 is 1.04 bits per heavy atom. The van der Waals surface area contributed by atoms with Crippen LogP contribution in [0.2, 0.25) is 5.02 Å². The zero-order valence-electron chi connectivity index (χ0n) is 15.7. The minimum atomic E-state index is -0.199. The van der Waals surface area contributed by atoms with Crippen molar-refractivity contribution in [1.82, 2.24) is 4.90 Å². The van der Waals surface area contributed by atoms with Gasteiger partial charge in [0.1, 0.15) is 6.54 Å². The van der Waals surface area contributed by atoms with Crippen LogP contribution < -0.4 is 9.80 Å². The summed E-state index contributed by atoms with van der Waals surface area (Å²) in [5.74, 6) is -0.260. The monoisotopic (exact) mass is 385 g/mol. The van der Waals surface area contributed by atoms with Gasteiger partial charge in [-0.05, 0) is 36.8 Å². The molecule has 1 saturated heterocycles. The van der Waals surface area contributed by atoms with E-state index in [1.165, 1.54) is 23.1 Å². The Bertz CT molecular complexity index is 832. The van der Waals surface area contributed by atoms with Crippen molar-refractivity contribution in [2.24, 2.45) is 0 Å². The number of amides is 2. The molecule has 1 heterocycles. The molecule has 1 aliphatic rings. The van der Waals surface area contributed by atoms with Crippen molar-refractivity contribution in [3.05, 3.63) is 59.1 Å². The molecule has 2 amide bonds. The van der Waals surface area contributed by atoms with Gasteiger partial charge >= 0.3 is 0 Å². The first-order valence-corrected chi connectivity index (χ1v) is 9.45. The highest BCUT2D eigenvalue weighted by atomic mass is 35.5. The highest BCUT2D eigenvalue weighted by Gasteiger charge is 2.25. The fourth-order valence-corrected chi connectivity index (χ4v) is 3.55. The molecule has 142 valence electrons. The van der Waals surface area contributed by atoms with Gasteiger partial charge in [-0.25, -0.2) is 0 Å². The lowest BCUT2D eigenvalue weighted by atomic mass is 10.2. The van der Waals surface area contributed by atoms with Gasteiger partial charge in [0.15, 0.2) is 0 Å². The van der Waals surface area contributed by atoms with Gasteiger partial charge in [0, 0.05) is 38.8 Å². The zero-order chi connectivity index (χ0) is 19.4. The van der Waals surface area contributed by atoms with E-state index in [1.807, 2.05) is 11.0 Å². The Morgan fingerprint density at radius 2 is 1.74 bits per heavy atom. The maximum Gasteiger partial charge on any atom is 0.242 e. The van der Waals surface area contributed by atoms with Crippen molar-refractivity contribution < 1.29 is 9.59 Å². The van der Waals surface area contributed by atoms with Gasteiger partial charge in [-0.2, -0.15) is 0 Å². The molecule has 0 bridgehead atoms. The van der Waals surface area contributed by atoms with Crippen molar-refractivity contribution in [2.75, 3.05) is 42.5 Å². The Kier molecular flexibility index (Phi) is 6.01. The van der Waals surface area contributed by atoms with Crippen molar-refractivity contribution in [3.63, 3.8) is 0 Å². The summed E-state index contributed by atoms with van der Waals surface area (Å²) in [4.78, 5) is 30.4. The lowest BCUT2D eigenvalue weighted by molar-refractivity contribution is -0.131. The lowest BCUT2D eigenvalue weighted by Crippen LogP contribution is -2.51. The number of para-hydroxylation sites is 1. The number of anilines is 2.